The molecule has 0 spiro atoms. The number of aryl methyl sites for hydroxylation is 1. The van der Waals surface area contributed by atoms with Gasteiger partial charge in [-0.25, -0.2) is 0 Å². The number of unbranched alkanes of at least 4 members (excludes halogenated alkanes) is 2. The summed E-state index contributed by atoms with van der Waals surface area (Å²) in [6, 6.07) is 8.40. The first-order valence-electron chi connectivity index (χ1n) is 8.44. The number of hydrogen-bond donors (Lipinski definition) is 1. The first kappa shape index (κ1) is 18.0. The van der Waals surface area contributed by atoms with Gasteiger partial charge in [0, 0.05) is 6.61 Å². The van der Waals surface area contributed by atoms with Gasteiger partial charge < -0.3 is 9.84 Å². The van der Waals surface area contributed by atoms with Crippen molar-refractivity contribution in [3.8, 4) is 5.75 Å². The number of benzene rings is 1. The average Bonchev–Trinajstić information content (AvgIpc) is 2.49. The molecule has 0 fully saturated rings. The first-order valence-corrected chi connectivity index (χ1v) is 8.44. The molecule has 0 amide bonds. The molecule has 0 heterocycles. The zero-order valence-electron chi connectivity index (χ0n) is 14.0. The third-order valence-electron chi connectivity index (χ3n) is 3.86. The fraction of sp³-hybridized carbons (Fsp3) is 0.684. The Hall–Kier alpha value is -1.02. The molecule has 0 bridgehead atoms. The lowest BCUT2D eigenvalue weighted by Gasteiger charge is -2.09. The SMILES string of the molecule is CC(C)CCCCCOc1ccc(CCC(C)CO)cc1. The summed E-state index contributed by atoms with van der Waals surface area (Å²) >= 11 is 0. The van der Waals surface area contributed by atoms with Crippen molar-refractivity contribution >= 4 is 0 Å². The Labute approximate surface area is 130 Å². The number of aliphatic hydroxyl groups is 1. The number of hydrogen-bond acceptors (Lipinski definition) is 2. The van der Waals surface area contributed by atoms with Crippen molar-refractivity contribution in [1.29, 1.82) is 0 Å². The van der Waals surface area contributed by atoms with Crippen LogP contribution in [0.1, 0.15) is 58.4 Å². The van der Waals surface area contributed by atoms with Gasteiger partial charge in [0.15, 0.2) is 0 Å². The minimum atomic E-state index is 0.276. The Morgan fingerprint density at radius 2 is 1.67 bits per heavy atom. The molecule has 0 aromatic heterocycles. The van der Waals surface area contributed by atoms with Gasteiger partial charge >= 0.3 is 0 Å². The first-order chi connectivity index (χ1) is 10.1. The molecule has 0 aliphatic carbocycles. The molecule has 2 heteroatoms. The Kier molecular flexibility index (Phi) is 9.16. The molecular weight excluding hydrogens is 260 g/mol. The average molecular weight is 292 g/mol. The van der Waals surface area contributed by atoms with Crippen LogP contribution < -0.4 is 4.74 Å². The van der Waals surface area contributed by atoms with E-state index in [9.17, 15) is 0 Å². The van der Waals surface area contributed by atoms with Crippen LogP contribution in [0.5, 0.6) is 5.75 Å². The van der Waals surface area contributed by atoms with Gasteiger partial charge in [-0.1, -0.05) is 52.2 Å². The maximum atomic E-state index is 9.03. The molecule has 1 aromatic rings. The van der Waals surface area contributed by atoms with Crippen LogP contribution in [-0.4, -0.2) is 18.3 Å². The van der Waals surface area contributed by atoms with Crippen molar-refractivity contribution in [2.45, 2.75) is 59.3 Å². The second kappa shape index (κ2) is 10.7. The highest BCUT2D eigenvalue weighted by Crippen LogP contribution is 2.16. The predicted molar refractivity (Wildman–Crippen MR) is 89.8 cm³/mol. The van der Waals surface area contributed by atoms with Crippen molar-refractivity contribution in [3.05, 3.63) is 29.8 Å². The minimum absolute atomic E-state index is 0.276. The molecule has 2 nitrogen and oxygen atoms in total. The normalized spacial score (nSPS) is 12.6. The van der Waals surface area contributed by atoms with Gasteiger partial charge in [-0.05, 0) is 48.8 Å². The van der Waals surface area contributed by atoms with E-state index in [4.69, 9.17) is 9.84 Å². The van der Waals surface area contributed by atoms with Crippen LogP contribution in [0, 0.1) is 11.8 Å². The van der Waals surface area contributed by atoms with E-state index >= 15 is 0 Å². The molecule has 0 saturated carbocycles. The Morgan fingerprint density at radius 3 is 2.29 bits per heavy atom. The lowest BCUT2D eigenvalue weighted by Crippen LogP contribution is -2.02. The molecule has 120 valence electrons. The van der Waals surface area contributed by atoms with Gasteiger partial charge in [-0.15, -0.1) is 0 Å². The molecular formula is C19H32O2. The molecule has 0 aliphatic heterocycles. The fourth-order valence-electron chi connectivity index (χ4n) is 2.28. The molecule has 1 aromatic carbocycles. The van der Waals surface area contributed by atoms with Crippen LogP contribution >= 0.6 is 0 Å². The summed E-state index contributed by atoms with van der Waals surface area (Å²) in [6.07, 6.45) is 7.09. The largest absolute Gasteiger partial charge is 0.494 e. The molecule has 1 atom stereocenters. The molecule has 1 N–H and O–H groups in total. The van der Waals surface area contributed by atoms with Gasteiger partial charge in [0.1, 0.15) is 5.75 Å². The predicted octanol–water partition coefficient (Wildman–Crippen LogP) is 4.84. The van der Waals surface area contributed by atoms with E-state index in [1.165, 1.54) is 24.8 Å². The van der Waals surface area contributed by atoms with Crippen LogP contribution in [0.25, 0.3) is 0 Å². The lowest BCUT2D eigenvalue weighted by atomic mass is 10.0. The van der Waals surface area contributed by atoms with Crippen molar-refractivity contribution in [2.75, 3.05) is 13.2 Å². The third kappa shape index (κ3) is 8.77. The molecule has 1 unspecified atom stereocenters. The number of aliphatic hydroxyl groups excluding tert-OH is 1. The van der Waals surface area contributed by atoms with Crippen molar-refractivity contribution in [2.24, 2.45) is 11.8 Å². The second-order valence-corrected chi connectivity index (χ2v) is 6.56. The van der Waals surface area contributed by atoms with E-state index < -0.39 is 0 Å². The Morgan fingerprint density at radius 1 is 0.952 bits per heavy atom. The quantitative estimate of drug-likeness (QED) is 0.591. The summed E-state index contributed by atoms with van der Waals surface area (Å²) in [7, 11) is 0. The van der Waals surface area contributed by atoms with E-state index in [1.807, 2.05) is 0 Å². The molecule has 21 heavy (non-hydrogen) atoms. The van der Waals surface area contributed by atoms with E-state index in [0.29, 0.717) is 5.92 Å². The Bertz CT molecular complexity index is 356. The summed E-state index contributed by atoms with van der Waals surface area (Å²) in [5.74, 6) is 2.16. The summed E-state index contributed by atoms with van der Waals surface area (Å²) in [4.78, 5) is 0. The fourth-order valence-corrected chi connectivity index (χ4v) is 2.28. The minimum Gasteiger partial charge on any atom is -0.494 e. The zero-order chi connectivity index (χ0) is 15.5. The van der Waals surface area contributed by atoms with E-state index in [2.05, 4.69) is 45.0 Å². The van der Waals surface area contributed by atoms with E-state index in [0.717, 1.165) is 37.5 Å². The Balaban J connectivity index is 2.16. The number of rotatable bonds is 11. The van der Waals surface area contributed by atoms with Crippen LogP contribution in [-0.2, 0) is 6.42 Å². The van der Waals surface area contributed by atoms with Crippen molar-refractivity contribution < 1.29 is 9.84 Å². The topological polar surface area (TPSA) is 29.5 Å². The van der Waals surface area contributed by atoms with E-state index in [-0.39, 0.29) is 6.61 Å². The van der Waals surface area contributed by atoms with Gasteiger partial charge in [0.25, 0.3) is 0 Å². The zero-order valence-corrected chi connectivity index (χ0v) is 14.0. The highest BCUT2D eigenvalue weighted by molar-refractivity contribution is 5.27. The molecule has 1 rings (SSSR count). The second-order valence-electron chi connectivity index (χ2n) is 6.56. The maximum Gasteiger partial charge on any atom is 0.119 e. The van der Waals surface area contributed by atoms with Gasteiger partial charge in [-0.3, -0.25) is 0 Å². The van der Waals surface area contributed by atoms with E-state index in [1.54, 1.807) is 0 Å². The summed E-state index contributed by atoms with van der Waals surface area (Å²) in [5, 5.41) is 9.03. The summed E-state index contributed by atoms with van der Waals surface area (Å²) in [6.45, 7) is 7.73. The van der Waals surface area contributed by atoms with Crippen molar-refractivity contribution in [3.63, 3.8) is 0 Å². The highest BCUT2D eigenvalue weighted by atomic mass is 16.5. The van der Waals surface area contributed by atoms with Crippen LogP contribution in [0.2, 0.25) is 0 Å². The van der Waals surface area contributed by atoms with Crippen molar-refractivity contribution in [1.82, 2.24) is 0 Å². The van der Waals surface area contributed by atoms with Crippen LogP contribution in [0.4, 0.5) is 0 Å². The molecule has 0 aliphatic rings. The monoisotopic (exact) mass is 292 g/mol. The summed E-state index contributed by atoms with van der Waals surface area (Å²) in [5.41, 5.74) is 1.32. The third-order valence-corrected chi connectivity index (χ3v) is 3.86. The number of ether oxygens (including phenoxy) is 1. The maximum absolute atomic E-state index is 9.03. The lowest BCUT2D eigenvalue weighted by molar-refractivity contribution is 0.230. The van der Waals surface area contributed by atoms with Gasteiger partial charge in [0.2, 0.25) is 0 Å². The van der Waals surface area contributed by atoms with Gasteiger partial charge in [0.05, 0.1) is 6.61 Å². The van der Waals surface area contributed by atoms with Crippen LogP contribution in [0.15, 0.2) is 24.3 Å². The standard InChI is InChI=1S/C19H32O2/c1-16(2)7-5-4-6-14-21-19-12-10-18(11-13-19)9-8-17(3)15-20/h10-13,16-17,20H,4-9,14-15H2,1-3H3. The van der Waals surface area contributed by atoms with Crippen LogP contribution in [0.3, 0.4) is 0 Å². The molecule has 0 radical (unpaired) electrons. The summed E-state index contributed by atoms with van der Waals surface area (Å²) < 4.78 is 5.77. The molecule has 0 saturated heterocycles. The highest BCUT2D eigenvalue weighted by Gasteiger charge is 2.01. The smallest absolute Gasteiger partial charge is 0.119 e. The van der Waals surface area contributed by atoms with Gasteiger partial charge in [-0.2, -0.15) is 0 Å².